The van der Waals surface area contributed by atoms with Gasteiger partial charge in [0.05, 0.1) is 0 Å². The first kappa shape index (κ1) is 11.9. The van der Waals surface area contributed by atoms with Crippen molar-refractivity contribution in [2.24, 2.45) is 0 Å². The van der Waals surface area contributed by atoms with Crippen molar-refractivity contribution >= 4 is 0 Å². The van der Waals surface area contributed by atoms with Gasteiger partial charge in [-0.15, -0.1) is 0 Å². The van der Waals surface area contributed by atoms with Gasteiger partial charge >= 0.3 is 0 Å². The standard InChI is InChI=1S/C17H19/c1-2-9-17(16-12-7-4-8-13-16)14-15-10-5-3-6-11-15/h4-8,10-13,17H,2,9,14H2,1H3. The molecule has 0 saturated carbocycles. The average molecular weight is 223 g/mol. The summed E-state index contributed by atoms with van der Waals surface area (Å²) in [5, 5.41) is 0. The maximum atomic E-state index is 3.08. The van der Waals surface area contributed by atoms with Crippen molar-refractivity contribution in [3.05, 3.63) is 71.8 Å². The molecule has 0 aliphatic rings. The van der Waals surface area contributed by atoms with Crippen molar-refractivity contribution in [1.82, 2.24) is 0 Å². The molecule has 0 saturated heterocycles. The van der Waals surface area contributed by atoms with E-state index in [0.717, 1.165) is 6.42 Å². The van der Waals surface area contributed by atoms with Gasteiger partial charge in [0.25, 0.3) is 0 Å². The average Bonchev–Trinajstić information content (AvgIpc) is 2.40. The third-order valence-electron chi connectivity index (χ3n) is 3.18. The first-order valence-electron chi connectivity index (χ1n) is 6.40. The van der Waals surface area contributed by atoms with Crippen molar-refractivity contribution in [1.29, 1.82) is 0 Å². The van der Waals surface area contributed by atoms with Crippen LogP contribution in [0.4, 0.5) is 0 Å². The van der Waals surface area contributed by atoms with Crippen LogP contribution in [0.3, 0.4) is 0 Å². The summed E-state index contributed by atoms with van der Waals surface area (Å²) >= 11 is 0. The molecule has 87 valence electrons. The molecule has 1 atom stereocenters. The molecule has 1 unspecified atom stereocenters. The SMILES string of the molecule is CCCC(Cc1cc[c]cc1)c1ccccc1. The molecule has 2 aromatic rings. The topological polar surface area (TPSA) is 0 Å². The van der Waals surface area contributed by atoms with E-state index in [1.54, 1.807) is 0 Å². The highest BCUT2D eigenvalue weighted by atomic mass is 14.1. The molecule has 0 fully saturated rings. The molecule has 0 N–H and O–H groups in total. The van der Waals surface area contributed by atoms with Crippen LogP contribution < -0.4 is 0 Å². The molecule has 0 aromatic heterocycles. The van der Waals surface area contributed by atoms with E-state index < -0.39 is 0 Å². The molecule has 0 nitrogen and oxygen atoms in total. The van der Waals surface area contributed by atoms with Crippen LogP contribution in [-0.2, 0) is 6.42 Å². The lowest BCUT2D eigenvalue weighted by Gasteiger charge is -2.16. The molecule has 17 heavy (non-hydrogen) atoms. The van der Waals surface area contributed by atoms with E-state index in [0.29, 0.717) is 5.92 Å². The summed E-state index contributed by atoms with van der Waals surface area (Å²) < 4.78 is 0. The van der Waals surface area contributed by atoms with Crippen molar-refractivity contribution in [2.45, 2.75) is 32.1 Å². The van der Waals surface area contributed by atoms with Crippen LogP contribution in [0, 0.1) is 6.07 Å². The predicted molar refractivity (Wildman–Crippen MR) is 73.1 cm³/mol. The molecule has 0 aliphatic carbocycles. The molecule has 0 heterocycles. The minimum absolute atomic E-state index is 0.642. The number of hydrogen-bond acceptors (Lipinski definition) is 0. The summed E-state index contributed by atoms with van der Waals surface area (Å²) in [6, 6.07) is 22.3. The molecule has 1 radical (unpaired) electrons. The van der Waals surface area contributed by atoms with Crippen LogP contribution in [-0.4, -0.2) is 0 Å². The molecule has 0 spiro atoms. The number of benzene rings is 2. The van der Waals surface area contributed by atoms with Gasteiger partial charge in [-0.2, -0.15) is 0 Å². The maximum absolute atomic E-state index is 3.08. The van der Waals surface area contributed by atoms with Crippen LogP contribution in [0.25, 0.3) is 0 Å². The summed E-state index contributed by atoms with van der Waals surface area (Å²) in [5.74, 6) is 0.642. The Morgan fingerprint density at radius 2 is 1.71 bits per heavy atom. The zero-order chi connectivity index (χ0) is 11.9. The first-order valence-corrected chi connectivity index (χ1v) is 6.40. The molecular weight excluding hydrogens is 204 g/mol. The highest BCUT2D eigenvalue weighted by Gasteiger charge is 2.10. The maximum Gasteiger partial charge on any atom is -0.0122 e. The summed E-state index contributed by atoms with van der Waals surface area (Å²) in [4.78, 5) is 0. The van der Waals surface area contributed by atoms with E-state index in [2.05, 4.69) is 55.5 Å². The molecule has 0 amide bonds. The smallest absolute Gasteiger partial charge is 0.0122 e. The van der Waals surface area contributed by atoms with Gasteiger partial charge in [0, 0.05) is 0 Å². The van der Waals surface area contributed by atoms with Gasteiger partial charge in [0.2, 0.25) is 0 Å². The second-order valence-electron chi connectivity index (χ2n) is 4.51. The minimum atomic E-state index is 0.642. The summed E-state index contributed by atoms with van der Waals surface area (Å²) in [7, 11) is 0. The first-order chi connectivity index (χ1) is 8.40. The summed E-state index contributed by atoms with van der Waals surface area (Å²) in [6.07, 6.45) is 3.62. The Balaban J connectivity index is 2.13. The molecule has 0 heteroatoms. The summed E-state index contributed by atoms with van der Waals surface area (Å²) in [6.45, 7) is 2.26. The molecule has 2 aromatic carbocycles. The number of hydrogen-bond donors (Lipinski definition) is 0. The zero-order valence-corrected chi connectivity index (χ0v) is 10.4. The fourth-order valence-electron chi connectivity index (χ4n) is 2.30. The lowest BCUT2D eigenvalue weighted by atomic mass is 9.88. The lowest BCUT2D eigenvalue weighted by Crippen LogP contribution is -2.02. The Morgan fingerprint density at radius 1 is 1.00 bits per heavy atom. The van der Waals surface area contributed by atoms with E-state index in [9.17, 15) is 0 Å². The van der Waals surface area contributed by atoms with E-state index in [1.807, 2.05) is 12.1 Å². The van der Waals surface area contributed by atoms with E-state index >= 15 is 0 Å². The van der Waals surface area contributed by atoms with E-state index in [-0.39, 0.29) is 0 Å². The zero-order valence-electron chi connectivity index (χ0n) is 10.4. The van der Waals surface area contributed by atoms with Gasteiger partial charge in [-0.3, -0.25) is 0 Å². The predicted octanol–water partition coefficient (Wildman–Crippen LogP) is 4.61. The molecular formula is C17H19. The van der Waals surface area contributed by atoms with Crippen LogP contribution in [0.5, 0.6) is 0 Å². The monoisotopic (exact) mass is 223 g/mol. The van der Waals surface area contributed by atoms with Crippen molar-refractivity contribution in [3.63, 3.8) is 0 Å². The Morgan fingerprint density at radius 3 is 2.35 bits per heavy atom. The van der Waals surface area contributed by atoms with E-state index in [1.165, 1.54) is 24.0 Å². The second kappa shape index (κ2) is 6.24. The van der Waals surface area contributed by atoms with Crippen LogP contribution >= 0.6 is 0 Å². The Kier molecular flexibility index (Phi) is 4.37. The Labute approximate surface area is 104 Å². The Hall–Kier alpha value is -1.56. The Bertz CT molecular complexity index is 416. The molecule has 0 bridgehead atoms. The van der Waals surface area contributed by atoms with Crippen molar-refractivity contribution in [2.75, 3.05) is 0 Å². The fourth-order valence-corrected chi connectivity index (χ4v) is 2.30. The minimum Gasteiger partial charge on any atom is -0.0654 e. The molecule has 2 rings (SSSR count). The van der Waals surface area contributed by atoms with E-state index in [4.69, 9.17) is 0 Å². The van der Waals surface area contributed by atoms with Gasteiger partial charge in [-0.05, 0) is 36.0 Å². The largest absolute Gasteiger partial charge is 0.0654 e. The van der Waals surface area contributed by atoms with Gasteiger partial charge in [0.1, 0.15) is 0 Å². The fraction of sp³-hybridized carbons (Fsp3) is 0.294. The lowest BCUT2D eigenvalue weighted by molar-refractivity contribution is 0.610. The van der Waals surface area contributed by atoms with Crippen molar-refractivity contribution in [3.8, 4) is 0 Å². The number of rotatable bonds is 5. The van der Waals surface area contributed by atoms with Crippen LogP contribution in [0.2, 0.25) is 0 Å². The van der Waals surface area contributed by atoms with Gasteiger partial charge in [0.15, 0.2) is 0 Å². The molecule has 0 aliphatic heterocycles. The van der Waals surface area contributed by atoms with Crippen molar-refractivity contribution < 1.29 is 0 Å². The second-order valence-corrected chi connectivity index (χ2v) is 4.51. The van der Waals surface area contributed by atoms with Crippen LogP contribution in [0.1, 0.15) is 36.8 Å². The highest BCUT2D eigenvalue weighted by Crippen LogP contribution is 2.25. The summed E-state index contributed by atoms with van der Waals surface area (Å²) in [5.41, 5.74) is 2.87. The van der Waals surface area contributed by atoms with Gasteiger partial charge in [-0.1, -0.05) is 67.9 Å². The quantitative estimate of drug-likeness (QED) is 0.694. The third-order valence-corrected chi connectivity index (χ3v) is 3.18. The van der Waals surface area contributed by atoms with Gasteiger partial charge in [-0.25, -0.2) is 0 Å². The third kappa shape index (κ3) is 3.45. The normalized spacial score (nSPS) is 12.3. The van der Waals surface area contributed by atoms with Gasteiger partial charge < -0.3 is 0 Å². The highest BCUT2D eigenvalue weighted by molar-refractivity contribution is 5.23. The van der Waals surface area contributed by atoms with Crippen LogP contribution in [0.15, 0.2) is 54.6 Å².